The Balaban J connectivity index is 1.98. The van der Waals surface area contributed by atoms with E-state index in [2.05, 4.69) is 21.2 Å². The van der Waals surface area contributed by atoms with Crippen molar-refractivity contribution >= 4 is 45.3 Å². The smallest absolute Gasteiger partial charge is 0.321 e. The van der Waals surface area contributed by atoms with Crippen molar-refractivity contribution in [2.24, 2.45) is 0 Å². The lowest BCUT2D eigenvalue weighted by Gasteiger charge is -2.31. The van der Waals surface area contributed by atoms with E-state index in [0.717, 1.165) is 21.5 Å². The first-order valence-corrected chi connectivity index (χ1v) is 8.53. The molecule has 1 aliphatic rings. The zero-order chi connectivity index (χ0) is 15.4. The van der Waals surface area contributed by atoms with E-state index in [4.69, 9.17) is 0 Å². The van der Waals surface area contributed by atoms with E-state index in [0.29, 0.717) is 12.3 Å². The largest absolute Gasteiger partial charge is 0.480 e. The number of halogens is 1. The molecule has 1 unspecified atom stereocenters. The summed E-state index contributed by atoms with van der Waals surface area (Å²) in [7, 11) is 0. The zero-order valence-corrected chi connectivity index (χ0v) is 14.0. The number of carbonyl (C=O) groups is 2. The maximum atomic E-state index is 12.1. The van der Waals surface area contributed by atoms with Crippen LogP contribution in [0.5, 0.6) is 0 Å². The van der Waals surface area contributed by atoms with Crippen molar-refractivity contribution in [1.29, 1.82) is 0 Å². The van der Waals surface area contributed by atoms with Gasteiger partial charge in [-0.25, -0.2) is 0 Å². The molecule has 2 rings (SSSR count). The van der Waals surface area contributed by atoms with Crippen LogP contribution in [0.15, 0.2) is 22.7 Å². The van der Waals surface area contributed by atoms with Crippen molar-refractivity contribution < 1.29 is 14.7 Å². The molecule has 1 aromatic rings. The Morgan fingerprint density at radius 2 is 2.29 bits per heavy atom. The Kier molecular flexibility index (Phi) is 5.66. The fourth-order valence-electron chi connectivity index (χ4n) is 2.20. The monoisotopic (exact) mass is 372 g/mol. The van der Waals surface area contributed by atoms with Gasteiger partial charge in [-0.15, -0.1) is 0 Å². The van der Waals surface area contributed by atoms with Gasteiger partial charge in [0.2, 0.25) is 5.91 Å². The van der Waals surface area contributed by atoms with Crippen LogP contribution in [0.4, 0.5) is 5.69 Å². The number of rotatable bonds is 4. The second-order valence-corrected chi connectivity index (χ2v) is 6.97. The predicted molar refractivity (Wildman–Crippen MR) is 87.8 cm³/mol. The van der Waals surface area contributed by atoms with Crippen molar-refractivity contribution in [3.05, 3.63) is 28.2 Å². The Labute approximate surface area is 136 Å². The number of hydrogen-bond donors (Lipinski definition) is 2. The molecule has 0 saturated carbocycles. The lowest BCUT2D eigenvalue weighted by Crippen LogP contribution is -2.50. The Hall–Kier alpha value is -1.05. The van der Waals surface area contributed by atoms with E-state index in [1.54, 1.807) is 16.7 Å². The van der Waals surface area contributed by atoms with Crippen LogP contribution in [0.2, 0.25) is 0 Å². The number of carbonyl (C=O) groups excluding carboxylic acids is 1. The minimum atomic E-state index is -0.866. The third-order valence-corrected chi connectivity index (χ3v) is 4.85. The van der Waals surface area contributed by atoms with Crippen LogP contribution in [-0.4, -0.2) is 52.5 Å². The molecule has 1 amide bonds. The molecule has 1 fully saturated rings. The summed E-state index contributed by atoms with van der Waals surface area (Å²) in [4.78, 5) is 25.1. The second kappa shape index (κ2) is 7.29. The van der Waals surface area contributed by atoms with Crippen LogP contribution < -0.4 is 5.32 Å². The number of carboxylic acid groups (broad SMARTS) is 1. The van der Waals surface area contributed by atoms with Crippen molar-refractivity contribution in [1.82, 2.24) is 4.90 Å². The zero-order valence-electron chi connectivity index (χ0n) is 11.6. The molecule has 5 nitrogen and oxygen atoms in total. The predicted octanol–water partition coefficient (Wildman–Crippen LogP) is 2.20. The molecule has 0 bridgehead atoms. The molecule has 1 heterocycles. The number of carboxylic acids is 1. The van der Waals surface area contributed by atoms with E-state index >= 15 is 0 Å². The fourth-order valence-corrected chi connectivity index (χ4v) is 3.78. The Morgan fingerprint density at radius 1 is 1.52 bits per heavy atom. The molecule has 2 N–H and O–H groups in total. The lowest BCUT2D eigenvalue weighted by molar-refractivity contribution is -0.142. The number of benzene rings is 1. The molecular formula is C14H17BrN2O3S. The first-order chi connectivity index (χ1) is 9.97. The van der Waals surface area contributed by atoms with Gasteiger partial charge in [0, 0.05) is 28.2 Å². The van der Waals surface area contributed by atoms with Crippen LogP contribution in [0.25, 0.3) is 0 Å². The van der Waals surface area contributed by atoms with Gasteiger partial charge in [-0.3, -0.25) is 14.5 Å². The first-order valence-electron chi connectivity index (χ1n) is 6.58. The van der Waals surface area contributed by atoms with E-state index in [1.165, 1.54) is 0 Å². The summed E-state index contributed by atoms with van der Waals surface area (Å²) in [5.74, 6) is 0.335. The summed E-state index contributed by atoms with van der Waals surface area (Å²) in [5.41, 5.74) is 1.71. The first kappa shape index (κ1) is 16.3. The molecule has 0 aromatic heterocycles. The molecule has 0 aliphatic carbocycles. The van der Waals surface area contributed by atoms with Crippen molar-refractivity contribution in [2.45, 2.75) is 13.0 Å². The van der Waals surface area contributed by atoms with Crippen LogP contribution in [0.3, 0.4) is 0 Å². The van der Waals surface area contributed by atoms with Gasteiger partial charge < -0.3 is 10.4 Å². The molecule has 0 spiro atoms. The molecular weight excluding hydrogens is 356 g/mol. The van der Waals surface area contributed by atoms with Crippen molar-refractivity contribution in [3.8, 4) is 0 Å². The average molecular weight is 373 g/mol. The summed E-state index contributed by atoms with van der Waals surface area (Å²) in [5, 5.41) is 12.0. The van der Waals surface area contributed by atoms with E-state index in [1.807, 2.05) is 25.1 Å². The van der Waals surface area contributed by atoms with Gasteiger partial charge in [0.05, 0.1) is 6.54 Å². The van der Waals surface area contributed by atoms with Gasteiger partial charge in [0.25, 0.3) is 0 Å². The minimum Gasteiger partial charge on any atom is -0.480 e. The van der Waals surface area contributed by atoms with Crippen LogP contribution in [-0.2, 0) is 9.59 Å². The molecule has 114 valence electrons. The Bertz CT molecular complexity index is 553. The SMILES string of the molecule is Cc1cc(Br)ccc1NC(=O)CN1CCSCC1C(=O)O. The van der Waals surface area contributed by atoms with Gasteiger partial charge in [-0.05, 0) is 30.7 Å². The summed E-state index contributed by atoms with van der Waals surface area (Å²) >= 11 is 4.99. The number of nitrogens with one attached hydrogen (secondary N) is 1. The van der Waals surface area contributed by atoms with Crippen LogP contribution >= 0.6 is 27.7 Å². The lowest BCUT2D eigenvalue weighted by atomic mass is 10.2. The highest BCUT2D eigenvalue weighted by Gasteiger charge is 2.30. The molecule has 1 aliphatic heterocycles. The highest BCUT2D eigenvalue weighted by molar-refractivity contribution is 9.10. The number of anilines is 1. The quantitative estimate of drug-likeness (QED) is 0.847. The summed E-state index contributed by atoms with van der Waals surface area (Å²) in [6, 6.07) is 5.03. The molecule has 21 heavy (non-hydrogen) atoms. The van der Waals surface area contributed by atoms with Crippen LogP contribution in [0.1, 0.15) is 5.56 Å². The summed E-state index contributed by atoms with van der Waals surface area (Å²) in [6.07, 6.45) is 0. The summed E-state index contributed by atoms with van der Waals surface area (Å²) in [6.45, 7) is 2.64. The van der Waals surface area contributed by atoms with Gasteiger partial charge in [0.1, 0.15) is 6.04 Å². The normalized spacial score (nSPS) is 19.2. The number of aliphatic carboxylic acids is 1. The van der Waals surface area contributed by atoms with Crippen LogP contribution in [0, 0.1) is 6.92 Å². The van der Waals surface area contributed by atoms with E-state index in [9.17, 15) is 14.7 Å². The molecule has 7 heteroatoms. The number of nitrogens with zero attached hydrogens (tertiary/aromatic N) is 1. The standard InChI is InChI=1S/C14H17BrN2O3S/c1-9-6-10(15)2-3-11(9)16-13(18)7-17-4-5-21-8-12(17)14(19)20/h2-3,6,12H,4-5,7-8H2,1H3,(H,16,18)(H,19,20). The van der Waals surface area contributed by atoms with Crippen molar-refractivity contribution in [3.63, 3.8) is 0 Å². The fraction of sp³-hybridized carbons (Fsp3) is 0.429. The average Bonchev–Trinajstić information content (AvgIpc) is 2.42. The highest BCUT2D eigenvalue weighted by atomic mass is 79.9. The second-order valence-electron chi connectivity index (χ2n) is 4.91. The topological polar surface area (TPSA) is 69.6 Å². The van der Waals surface area contributed by atoms with E-state index < -0.39 is 12.0 Å². The molecule has 1 aromatic carbocycles. The van der Waals surface area contributed by atoms with Gasteiger partial charge in [-0.1, -0.05) is 15.9 Å². The number of thioether (sulfide) groups is 1. The molecule has 1 saturated heterocycles. The van der Waals surface area contributed by atoms with Gasteiger partial charge in [0.15, 0.2) is 0 Å². The summed E-state index contributed by atoms with van der Waals surface area (Å²) < 4.78 is 0.956. The highest BCUT2D eigenvalue weighted by Crippen LogP contribution is 2.21. The number of amides is 1. The molecule has 1 atom stereocenters. The van der Waals surface area contributed by atoms with E-state index in [-0.39, 0.29) is 12.5 Å². The van der Waals surface area contributed by atoms with Gasteiger partial charge in [-0.2, -0.15) is 11.8 Å². The Morgan fingerprint density at radius 3 is 2.95 bits per heavy atom. The minimum absolute atomic E-state index is 0.104. The third kappa shape index (κ3) is 4.46. The van der Waals surface area contributed by atoms with Crippen molar-refractivity contribution in [2.75, 3.05) is 29.9 Å². The number of hydrogen-bond acceptors (Lipinski definition) is 4. The molecule has 0 radical (unpaired) electrons. The maximum absolute atomic E-state index is 12.1. The van der Waals surface area contributed by atoms with Gasteiger partial charge >= 0.3 is 5.97 Å². The number of aryl methyl sites for hydroxylation is 1. The maximum Gasteiger partial charge on any atom is 0.321 e. The third-order valence-electron chi connectivity index (χ3n) is 3.33.